The summed E-state index contributed by atoms with van der Waals surface area (Å²) in [6, 6.07) is 27.2. The molecule has 0 heterocycles. The van der Waals surface area contributed by atoms with Crippen LogP contribution in [0.5, 0.6) is 5.75 Å². The second-order valence-electron chi connectivity index (χ2n) is 7.10. The fourth-order valence-corrected chi connectivity index (χ4v) is 3.04. The van der Waals surface area contributed by atoms with E-state index in [0.29, 0.717) is 5.75 Å². The Morgan fingerprint density at radius 2 is 1.57 bits per heavy atom. The molecule has 0 saturated carbocycles. The van der Waals surface area contributed by atoms with Crippen LogP contribution >= 0.6 is 0 Å². The summed E-state index contributed by atoms with van der Waals surface area (Å²) >= 11 is 0. The average Bonchev–Trinajstić information content (AvgIpc) is 2.78. The van der Waals surface area contributed by atoms with E-state index < -0.39 is 6.10 Å². The highest BCUT2D eigenvalue weighted by Gasteiger charge is 2.16. The molecule has 3 aromatic carbocycles. The largest absolute Gasteiger partial charge is 0.491 e. The van der Waals surface area contributed by atoms with E-state index in [1.807, 2.05) is 91.9 Å². The summed E-state index contributed by atoms with van der Waals surface area (Å²) in [5.41, 5.74) is 3.03. The maximum atomic E-state index is 12.2. The first-order valence-corrected chi connectivity index (χ1v) is 9.97. The third-order valence-electron chi connectivity index (χ3n) is 4.55. The molecule has 0 fully saturated rings. The van der Waals surface area contributed by atoms with Crippen molar-refractivity contribution in [3.05, 3.63) is 102 Å². The Kier molecular flexibility index (Phi) is 8.01. The fourth-order valence-electron chi connectivity index (χ4n) is 3.04. The van der Waals surface area contributed by atoms with Gasteiger partial charge in [0, 0.05) is 6.54 Å². The average molecular weight is 405 g/mol. The van der Waals surface area contributed by atoms with E-state index in [2.05, 4.69) is 5.32 Å². The lowest BCUT2D eigenvalue weighted by Gasteiger charge is -2.19. The lowest BCUT2D eigenvalue weighted by Crippen LogP contribution is -2.37. The van der Waals surface area contributed by atoms with Crippen molar-refractivity contribution in [3.63, 3.8) is 0 Å². The molecule has 0 radical (unpaired) electrons. The molecule has 0 aliphatic rings. The first-order valence-electron chi connectivity index (χ1n) is 9.97. The third-order valence-corrected chi connectivity index (χ3v) is 4.55. The molecule has 1 atom stereocenters. The van der Waals surface area contributed by atoms with Gasteiger partial charge in [0.05, 0.1) is 0 Å². The molecule has 0 aliphatic carbocycles. The Labute approximate surface area is 177 Å². The van der Waals surface area contributed by atoms with Gasteiger partial charge in [0.1, 0.15) is 31.2 Å². The Morgan fingerprint density at radius 3 is 2.17 bits per heavy atom. The van der Waals surface area contributed by atoms with Gasteiger partial charge >= 0.3 is 0 Å². The van der Waals surface area contributed by atoms with Crippen LogP contribution in [-0.2, 0) is 9.53 Å². The molecule has 5 nitrogen and oxygen atoms in total. The van der Waals surface area contributed by atoms with Crippen LogP contribution in [0, 0.1) is 6.92 Å². The van der Waals surface area contributed by atoms with Gasteiger partial charge in [-0.3, -0.25) is 4.79 Å². The van der Waals surface area contributed by atoms with Gasteiger partial charge in [0.25, 0.3) is 0 Å². The van der Waals surface area contributed by atoms with E-state index in [4.69, 9.17) is 9.47 Å². The zero-order chi connectivity index (χ0) is 21.2. The predicted octanol–water partition coefficient (Wildman–Crippen LogP) is 3.66. The zero-order valence-electron chi connectivity index (χ0n) is 17.0. The Hall–Kier alpha value is -3.15. The topological polar surface area (TPSA) is 67.8 Å². The summed E-state index contributed by atoms with van der Waals surface area (Å²) < 4.78 is 11.5. The summed E-state index contributed by atoms with van der Waals surface area (Å²) in [5.74, 6) is 0.402. The van der Waals surface area contributed by atoms with Gasteiger partial charge in [-0.05, 0) is 35.7 Å². The summed E-state index contributed by atoms with van der Waals surface area (Å²) in [7, 11) is 0. The standard InChI is InChI=1S/C25H27NO4/c1-19-9-8-14-23(15-19)29-17-22(27)16-26-24(28)18-30-25(20-10-4-2-5-11-20)21-12-6-3-7-13-21/h2-15,22,25,27H,16-18H2,1H3,(H,26,28). The number of carbonyl (C=O) groups excluding carboxylic acids is 1. The lowest BCUT2D eigenvalue weighted by molar-refractivity contribution is -0.127. The van der Waals surface area contributed by atoms with Gasteiger partial charge in [-0.15, -0.1) is 0 Å². The van der Waals surface area contributed by atoms with Crippen molar-refractivity contribution < 1.29 is 19.4 Å². The van der Waals surface area contributed by atoms with Crippen LogP contribution in [0.25, 0.3) is 0 Å². The minimum Gasteiger partial charge on any atom is -0.491 e. The Bertz CT molecular complexity index is 875. The number of benzene rings is 3. The van der Waals surface area contributed by atoms with E-state index >= 15 is 0 Å². The van der Waals surface area contributed by atoms with Crippen LogP contribution < -0.4 is 10.1 Å². The highest BCUT2D eigenvalue weighted by molar-refractivity contribution is 5.77. The van der Waals surface area contributed by atoms with Gasteiger partial charge in [0.2, 0.25) is 5.91 Å². The summed E-state index contributed by atoms with van der Waals surface area (Å²) in [4.78, 5) is 12.2. The van der Waals surface area contributed by atoms with E-state index in [-0.39, 0.29) is 31.8 Å². The Balaban J connectivity index is 1.47. The maximum absolute atomic E-state index is 12.2. The molecule has 3 aromatic rings. The van der Waals surface area contributed by atoms with Crippen molar-refractivity contribution in [1.82, 2.24) is 5.32 Å². The Morgan fingerprint density at radius 1 is 0.933 bits per heavy atom. The van der Waals surface area contributed by atoms with Crippen LogP contribution in [0.4, 0.5) is 0 Å². The molecule has 1 amide bonds. The number of aliphatic hydroxyl groups is 1. The molecule has 0 aromatic heterocycles. The number of amides is 1. The molecule has 2 N–H and O–H groups in total. The molecular formula is C25H27NO4. The number of rotatable bonds is 10. The number of ether oxygens (including phenoxy) is 2. The SMILES string of the molecule is Cc1cccc(OCC(O)CNC(=O)COC(c2ccccc2)c2ccccc2)c1. The number of hydrogen-bond acceptors (Lipinski definition) is 4. The quantitative estimate of drug-likeness (QED) is 0.540. The van der Waals surface area contributed by atoms with E-state index in [0.717, 1.165) is 16.7 Å². The highest BCUT2D eigenvalue weighted by atomic mass is 16.5. The van der Waals surface area contributed by atoms with Gasteiger partial charge in [-0.25, -0.2) is 0 Å². The fraction of sp³-hybridized carbons (Fsp3) is 0.240. The molecular weight excluding hydrogens is 378 g/mol. The van der Waals surface area contributed by atoms with E-state index in [9.17, 15) is 9.90 Å². The van der Waals surface area contributed by atoms with Crippen LogP contribution in [0.1, 0.15) is 22.8 Å². The lowest BCUT2D eigenvalue weighted by atomic mass is 10.0. The molecule has 3 rings (SSSR count). The van der Waals surface area contributed by atoms with E-state index in [1.165, 1.54) is 0 Å². The number of carbonyl (C=O) groups is 1. The highest BCUT2D eigenvalue weighted by Crippen LogP contribution is 2.25. The molecule has 0 aliphatic heterocycles. The van der Waals surface area contributed by atoms with Crippen LogP contribution in [0.2, 0.25) is 0 Å². The number of hydrogen-bond donors (Lipinski definition) is 2. The van der Waals surface area contributed by atoms with E-state index in [1.54, 1.807) is 0 Å². The van der Waals surface area contributed by atoms with Crippen molar-refractivity contribution in [2.75, 3.05) is 19.8 Å². The van der Waals surface area contributed by atoms with Crippen molar-refractivity contribution in [3.8, 4) is 5.75 Å². The minimum atomic E-state index is -0.812. The zero-order valence-corrected chi connectivity index (χ0v) is 17.0. The molecule has 0 spiro atoms. The van der Waals surface area contributed by atoms with Crippen molar-refractivity contribution in [2.24, 2.45) is 0 Å². The van der Waals surface area contributed by atoms with Crippen molar-refractivity contribution in [2.45, 2.75) is 19.1 Å². The van der Waals surface area contributed by atoms with Crippen LogP contribution in [0.3, 0.4) is 0 Å². The maximum Gasteiger partial charge on any atom is 0.246 e. The van der Waals surface area contributed by atoms with Crippen LogP contribution in [0.15, 0.2) is 84.9 Å². The predicted molar refractivity (Wildman–Crippen MR) is 116 cm³/mol. The minimum absolute atomic E-state index is 0.0926. The molecule has 0 saturated heterocycles. The smallest absolute Gasteiger partial charge is 0.246 e. The monoisotopic (exact) mass is 405 g/mol. The van der Waals surface area contributed by atoms with Crippen molar-refractivity contribution >= 4 is 5.91 Å². The number of nitrogens with one attached hydrogen (secondary N) is 1. The summed E-state index contributed by atoms with van der Waals surface area (Å²) in [5, 5.41) is 12.8. The third kappa shape index (κ3) is 6.72. The molecule has 156 valence electrons. The summed E-state index contributed by atoms with van der Waals surface area (Å²) in [6.07, 6.45) is -1.15. The second kappa shape index (κ2) is 11.1. The molecule has 5 heteroatoms. The first-order chi connectivity index (χ1) is 14.6. The number of aliphatic hydroxyl groups excluding tert-OH is 1. The van der Waals surface area contributed by atoms with Gasteiger partial charge < -0.3 is 19.9 Å². The van der Waals surface area contributed by atoms with Gasteiger partial charge in [0.15, 0.2) is 0 Å². The first kappa shape index (κ1) is 21.6. The van der Waals surface area contributed by atoms with Crippen LogP contribution in [-0.4, -0.2) is 36.9 Å². The number of aryl methyl sites for hydroxylation is 1. The molecule has 0 bridgehead atoms. The molecule has 1 unspecified atom stereocenters. The summed E-state index contributed by atoms with van der Waals surface area (Å²) in [6.45, 7) is 2.05. The molecule has 30 heavy (non-hydrogen) atoms. The second-order valence-corrected chi connectivity index (χ2v) is 7.10. The van der Waals surface area contributed by atoms with Gasteiger partial charge in [-0.1, -0.05) is 72.8 Å². The van der Waals surface area contributed by atoms with Gasteiger partial charge in [-0.2, -0.15) is 0 Å². The van der Waals surface area contributed by atoms with Crippen molar-refractivity contribution in [1.29, 1.82) is 0 Å². The normalized spacial score (nSPS) is 11.8.